The van der Waals surface area contributed by atoms with E-state index in [1.165, 1.54) is 58.2 Å². The summed E-state index contributed by atoms with van der Waals surface area (Å²) < 4.78 is 5.88. The molecule has 2 fully saturated rings. The van der Waals surface area contributed by atoms with Gasteiger partial charge in [-0.2, -0.15) is 0 Å². The summed E-state index contributed by atoms with van der Waals surface area (Å²) in [5, 5.41) is 3.59. The lowest BCUT2D eigenvalue weighted by atomic mass is 10.1. The van der Waals surface area contributed by atoms with Crippen LogP contribution in [-0.2, 0) is 4.74 Å². The van der Waals surface area contributed by atoms with Crippen LogP contribution in [0.25, 0.3) is 0 Å². The summed E-state index contributed by atoms with van der Waals surface area (Å²) in [5.41, 5.74) is 0. The molecule has 18 heavy (non-hydrogen) atoms. The van der Waals surface area contributed by atoms with Crippen LogP contribution in [0.2, 0.25) is 0 Å². The number of rotatable bonds is 9. The first-order valence-electron chi connectivity index (χ1n) is 7.96. The molecule has 0 aromatic heterocycles. The zero-order chi connectivity index (χ0) is 12.6. The third kappa shape index (κ3) is 5.68. The average molecular weight is 254 g/mol. The number of likely N-dealkylation sites (tertiary alicyclic amines) is 1. The molecule has 0 aromatic rings. The smallest absolute Gasteiger partial charge is 0.0702 e. The molecule has 0 bridgehead atoms. The second kappa shape index (κ2) is 8.13. The Morgan fingerprint density at radius 1 is 1.22 bits per heavy atom. The summed E-state index contributed by atoms with van der Waals surface area (Å²) in [4.78, 5) is 2.60. The van der Waals surface area contributed by atoms with E-state index in [4.69, 9.17) is 4.74 Å². The van der Waals surface area contributed by atoms with Crippen molar-refractivity contribution in [2.45, 2.75) is 64.0 Å². The summed E-state index contributed by atoms with van der Waals surface area (Å²) >= 11 is 0. The summed E-state index contributed by atoms with van der Waals surface area (Å²) in [6.45, 7) is 8.04. The maximum Gasteiger partial charge on any atom is 0.0702 e. The molecule has 0 spiro atoms. The van der Waals surface area contributed by atoms with Gasteiger partial charge in [-0.1, -0.05) is 6.92 Å². The molecular weight excluding hydrogens is 224 g/mol. The third-order valence-electron chi connectivity index (χ3n) is 3.93. The maximum absolute atomic E-state index is 5.88. The number of hydrogen-bond donors (Lipinski definition) is 1. The minimum atomic E-state index is 0.503. The van der Waals surface area contributed by atoms with Gasteiger partial charge in [0.2, 0.25) is 0 Å². The lowest BCUT2D eigenvalue weighted by Gasteiger charge is -2.32. The van der Waals surface area contributed by atoms with Crippen LogP contribution in [0.5, 0.6) is 0 Å². The Kier molecular flexibility index (Phi) is 6.46. The summed E-state index contributed by atoms with van der Waals surface area (Å²) in [5.74, 6) is 0. The van der Waals surface area contributed by atoms with Crippen molar-refractivity contribution < 1.29 is 4.74 Å². The van der Waals surface area contributed by atoms with E-state index in [-0.39, 0.29) is 0 Å². The van der Waals surface area contributed by atoms with Crippen LogP contribution < -0.4 is 5.32 Å². The minimum absolute atomic E-state index is 0.503. The monoisotopic (exact) mass is 254 g/mol. The first-order chi connectivity index (χ1) is 8.88. The van der Waals surface area contributed by atoms with E-state index in [9.17, 15) is 0 Å². The molecule has 1 atom stereocenters. The number of unbranched alkanes of at least 4 members (excludes halogenated alkanes) is 1. The topological polar surface area (TPSA) is 24.5 Å². The van der Waals surface area contributed by atoms with Gasteiger partial charge in [0.1, 0.15) is 0 Å². The second-order valence-electron chi connectivity index (χ2n) is 5.87. The van der Waals surface area contributed by atoms with E-state index in [2.05, 4.69) is 17.1 Å². The van der Waals surface area contributed by atoms with Crippen molar-refractivity contribution in [1.82, 2.24) is 10.2 Å². The van der Waals surface area contributed by atoms with Crippen molar-refractivity contribution in [3.05, 3.63) is 0 Å². The van der Waals surface area contributed by atoms with E-state index >= 15 is 0 Å². The van der Waals surface area contributed by atoms with Crippen LogP contribution in [0, 0.1) is 0 Å². The predicted molar refractivity (Wildman–Crippen MR) is 76.0 cm³/mol. The van der Waals surface area contributed by atoms with Crippen LogP contribution in [0.4, 0.5) is 0 Å². The molecule has 2 rings (SSSR count). The highest BCUT2D eigenvalue weighted by atomic mass is 16.5. The number of piperidine rings is 1. The molecule has 1 heterocycles. The summed E-state index contributed by atoms with van der Waals surface area (Å²) in [7, 11) is 0. The average Bonchev–Trinajstić information content (AvgIpc) is 3.20. The Morgan fingerprint density at radius 3 is 2.89 bits per heavy atom. The Hall–Kier alpha value is -0.120. The zero-order valence-electron chi connectivity index (χ0n) is 12.0. The first-order valence-corrected chi connectivity index (χ1v) is 7.96. The van der Waals surface area contributed by atoms with Gasteiger partial charge in [0.25, 0.3) is 0 Å². The van der Waals surface area contributed by atoms with Crippen molar-refractivity contribution in [2.75, 3.05) is 32.8 Å². The van der Waals surface area contributed by atoms with E-state index in [1.54, 1.807) is 0 Å². The van der Waals surface area contributed by atoms with Crippen LogP contribution in [0.1, 0.15) is 51.9 Å². The number of hydrogen-bond acceptors (Lipinski definition) is 3. The Labute approximate surface area is 112 Å². The van der Waals surface area contributed by atoms with E-state index in [0.717, 1.165) is 25.6 Å². The zero-order valence-corrected chi connectivity index (χ0v) is 12.0. The quantitative estimate of drug-likeness (QED) is 0.640. The lowest BCUT2D eigenvalue weighted by molar-refractivity contribution is -0.000317. The number of nitrogens with zero attached hydrogens (tertiary/aromatic N) is 1. The van der Waals surface area contributed by atoms with Gasteiger partial charge in [-0.05, 0) is 64.6 Å². The van der Waals surface area contributed by atoms with Gasteiger partial charge in [-0.3, -0.25) is 0 Å². The Bertz CT molecular complexity index is 219. The molecule has 3 nitrogen and oxygen atoms in total. The fraction of sp³-hybridized carbons (Fsp3) is 1.00. The highest BCUT2D eigenvalue weighted by molar-refractivity contribution is 4.80. The largest absolute Gasteiger partial charge is 0.377 e. The van der Waals surface area contributed by atoms with Gasteiger partial charge in [-0.25, -0.2) is 0 Å². The minimum Gasteiger partial charge on any atom is -0.377 e. The van der Waals surface area contributed by atoms with Crippen molar-refractivity contribution >= 4 is 0 Å². The van der Waals surface area contributed by atoms with Gasteiger partial charge in [0.15, 0.2) is 0 Å². The molecule has 1 saturated carbocycles. The molecule has 0 aromatic carbocycles. The van der Waals surface area contributed by atoms with Gasteiger partial charge in [0.05, 0.1) is 6.10 Å². The summed E-state index contributed by atoms with van der Waals surface area (Å²) in [6, 6.07) is 0.867. The molecule has 1 aliphatic carbocycles. The fourth-order valence-electron chi connectivity index (χ4n) is 2.69. The molecule has 1 saturated heterocycles. The number of nitrogens with one attached hydrogen (secondary N) is 1. The van der Waals surface area contributed by atoms with Crippen LogP contribution in [0.3, 0.4) is 0 Å². The van der Waals surface area contributed by atoms with Crippen LogP contribution in [0.15, 0.2) is 0 Å². The Balaban J connectivity index is 1.48. The first kappa shape index (κ1) is 14.3. The lowest BCUT2D eigenvalue weighted by Crippen LogP contribution is -2.40. The molecule has 1 aliphatic heterocycles. The Morgan fingerprint density at radius 2 is 2.11 bits per heavy atom. The van der Waals surface area contributed by atoms with Gasteiger partial charge in [0, 0.05) is 19.2 Å². The van der Waals surface area contributed by atoms with Crippen molar-refractivity contribution in [1.29, 1.82) is 0 Å². The van der Waals surface area contributed by atoms with Crippen LogP contribution in [-0.4, -0.2) is 49.8 Å². The molecule has 2 aliphatic rings. The predicted octanol–water partition coefficient (Wildman–Crippen LogP) is 2.41. The van der Waals surface area contributed by atoms with Crippen molar-refractivity contribution in [2.24, 2.45) is 0 Å². The molecule has 1 unspecified atom stereocenters. The van der Waals surface area contributed by atoms with Gasteiger partial charge >= 0.3 is 0 Å². The molecule has 0 radical (unpaired) electrons. The van der Waals surface area contributed by atoms with Crippen LogP contribution >= 0.6 is 0 Å². The van der Waals surface area contributed by atoms with E-state index < -0.39 is 0 Å². The summed E-state index contributed by atoms with van der Waals surface area (Å²) in [6.07, 6.45) is 9.69. The third-order valence-corrected chi connectivity index (χ3v) is 3.93. The number of ether oxygens (including phenoxy) is 1. The fourth-order valence-corrected chi connectivity index (χ4v) is 2.69. The maximum atomic E-state index is 5.88. The molecular formula is C15H30N2O. The van der Waals surface area contributed by atoms with E-state index in [1.807, 2.05) is 0 Å². The SMILES string of the molecule is CCCOC1CCCN(CCCCNC2CC2)C1. The molecule has 1 N–H and O–H groups in total. The van der Waals surface area contributed by atoms with Crippen molar-refractivity contribution in [3.8, 4) is 0 Å². The molecule has 106 valence electrons. The van der Waals surface area contributed by atoms with Gasteiger partial charge < -0.3 is 15.0 Å². The normalized spacial score (nSPS) is 25.5. The van der Waals surface area contributed by atoms with Gasteiger partial charge in [-0.15, -0.1) is 0 Å². The molecule has 3 heteroatoms. The highest BCUT2D eigenvalue weighted by Crippen LogP contribution is 2.18. The second-order valence-corrected chi connectivity index (χ2v) is 5.87. The van der Waals surface area contributed by atoms with Crippen molar-refractivity contribution in [3.63, 3.8) is 0 Å². The standard InChI is InChI=1S/C15H30N2O/c1-2-12-18-15-6-5-11-17(13-15)10-4-3-9-16-14-7-8-14/h14-16H,2-13H2,1H3. The molecule has 0 amide bonds. The highest BCUT2D eigenvalue weighted by Gasteiger charge is 2.20. The van der Waals surface area contributed by atoms with E-state index in [0.29, 0.717) is 6.10 Å².